The molecule has 152 valence electrons. The van der Waals surface area contributed by atoms with Crippen LogP contribution in [0.15, 0.2) is 54.6 Å². The SMILES string of the molecule is CC1CN(C(=O)CCC(=O)N2CCN(c3ccccc3)CC2)c2ccccc2O1. The first-order chi connectivity index (χ1) is 14.1. The number of rotatable bonds is 4. The molecule has 29 heavy (non-hydrogen) atoms. The molecular weight excluding hydrogens is 366 g/mol. The Kier molecular flexibility index (Phi) is 5.69. The van der Waals surface area contributed by atoms with Crippen LogP contribution in [0.25, 0.3) is 0 Å². The van der Waals surface area contributed by atoms with Gasteiger partial charge < -0.3 is 19.4 Å². The predicted molar refractivity (Wildman–Crippen MR) is 113 cm³/mol. The van der Waals surface area contributed by atoms with Crippen molar-refractivity contribution in [3.8, 4) is 5.75 Å². The average Bonchev–Trinajstić information content (AvgIpc) is 2.77. The highest BCUT2D eigenvalue weighted by Crippen LogP contribution is 2.33. The molecule has 0 aromatic heterocycles. The van der Waals surface area contributed by atoms with Gasteiger partial charge in [-0.3, -0.25) is 9.59 Å². The molecule has 0 bridgehead atoms. The summed E-state index contributed by atoms with van der Waals surface area (Å²) < 4.78 is 5.81. The third-order valence-corrected chi connectivity index (χ3v) is 5.53. The minimum atomic E-state index is -0.0596. The predicted octanol–water partition coefficient (Wildman–Crippen LogP) is 2.93. The van der Waals surface area contributed by atoms with E-state index in [1.54, 1.807) is 4.90 Å². The third kappa shape index (κ3) is 4.36. The summed E-state index contributed by atoms with van der Waals surface area (Å²) in [5.41, 5.74) is 1.98. The molecule has 2 aliphatic heterocycles. The zero-order valence-corrected chi connectivity index (χ0v) is 16.8. The van der Waals surface area contributed by atoms with E-state index in [9.17, 15) is 9.59 Å². The van der Waals surface area contributed by atoms with Crippen LogP contribution in [-0.2, 0) is 9.59 Å². The third-order valence-electron chi connectivity index (χ3n) is 5.53. The van der Waals surface area contributed by atoms with Crippen LogP contribution in [0.4, 0.5) is 11.4 Å². The second kappa shape index (κ2) is 8.55. The number of para-hydroxylation sites is 3. The van der Waals surface area contributed by atoms with Crippen LogP contribution in [0.1, 0.15) is 19.8 Å². The molecule has 0 N–H and O–H groups in total. The van der Waals surface area contributed by atoms with Crippen LogP contribution in [0.2, 0.25) is 0 Å². The van der Waals surface area contributed by atoms with Crippen molar-refractivity contribution in [3.05, 3.63) is 54.6 Å². The van der Waals surface area contributed by atoms with Crippen molar-refractivity contribution in [2.75, 3.05) is 42.5 Å². The molecule has 0 saturated carbocycles. The summed E-state index contributed by atoms with van der Waals surface area (Å²) in [5, 5.41) is 0. The molecule has 2 aromatic rings. The molecule has 1 atom stereocenters. The number of piperazine rings is 1. The Morgan fingerprint density at radius 2 is 1.55 bits per heavy atom. The van der Waals surface area contributed by atoms with E-state index in [1.165, 1.54) is 5.69 Å². The molecule has 2 aliphatic rings. The number of nitrogens with zero attached hydrogens (tertiary/aromatic N) is 3. The van der Waals surface area contributed by atoms with Crippen molar-refractivity contribution in [2.45, 2.75) is 25.9 Å². The molecule has 2 aromatic carbocycles. The van der Waals surface area contributed by atoms with E-state index in [1.807, 2.05) is 54.3 Å². The first-order valence-corrected chi connectivity index (χ1v) is 10.3. The van der Waals surface area contributed by atoms with E-state index >= 15 is 0 Å². The molecule has 6 heteroatoms. The van der Waals surface area contributed by atoms with E-state index in [-0.39, 0.29) is 30.8 Å². The Bertz CT molecular complexity index is 863. The van der Waals surface area contributed by atoms with E-state index in [2.05, 4.69) is 17.0 Å². The number of hydrogen-bond donors (Lipinski definition) is 0. The quantitative estimate of drug-likeness (QED) is 0.802. The van der Waals surface area contributed by atoms with Crippen molar-refractivity contribution in [1.82, 2.24) is 4.90 Å². The Labute approximate surface area is 171 Å². The fourth-order valence-corrected chi connectivity index (χ4v) is 3.99. The van der Waals surface area contributed by atoms with Gasteiger partial charge in [-0.05, 0) is 31.2 Å². The van der Waals surface area contributed by atoms with Crippen molar-refractivity contribution in [2.24, 2.45) is 0 Å². The molecule has 2 heterocycles. The van der Waals surface area contributed by atoms with E-state index in [0.717, 1.165) is 24.5 Å². The normalized spacial score (nSPS) is 18.8. The molecule has 2 amide bonds. The summed E-state index contributed by atoms with van der Waals surface area (Å²) in [6.45, 7) is 5.49. The zero-order chi connectivity index (χ0) is 20.2. The van der Waals surface area contributed by atoms with Crippen LogP contribution in [0.5, 0.6) is 5.75 Å². The van der Waals surface area contributed by atoms with Crippen molar-refractivity contribution in [1.29, 1.82) is 0 Å². The summed E-state index contributed by atoms with van der Waals surface area (Å²) in [5.74, 6) is 0.757. The maximum absolute atomic E-state index is 12.8. The van der Waals surface area contributed by atoms with Crippen molar-refractivity contribution in [3.63, 3.8) is 0 Å². The Morgan fingerprint density at radius 3 is 2.31 bits per heavy atom. The number of ether oxygens (including phenoxy) is 1. The largest absolute Gasteiger partial charge is 0.487 e. The van der Waals surface area contributed by atoms with E-state index < -0.39 is 0 Å². The van der Waals surface area contributed by atoms with Crippen LogP contribution in [-0.4, -0.2) is 55.5 Å². The Balaban J connectivity index is 1.30. The Morgan fingerprint density at radius 1 is 0.897 bits per heavy atom. The first kappa shape index (κ1) is 19.3. The van der Waals surface area contributed by atoms with Gasteiger partial charge in [0.1, 0.15) is 11.9 Å². The minimum absolute atomic E-state index is 0.0242. The van der Waals surface area contributed by atoms with Crippen LogP contribution in [0, 0.1) is 0 Å². The van der Waals surface area contributed by atoms with Crippen molar-refractivity contribution < 1.29 is 14.3 Å². The molecule has 1 saturated heterocycles. The van der Waals surface area contributed by atoms with E-state index in [4.69, 9.17) is 4.74 Å². The van der Waals surface area contributed by atoms with Gasteiger partial charge in [0.2, 0.25) is 11.8 Å². The van der Waals surface area contributed by atoms with Gasteiger partial charge in [-0.1, -0.05) is 30.3 Å². The smallest absolute Gasteiger partial charge is 0.227 e. The van der Waals surface area contributed by atoms with Gasteiger partial charge >= 0.3 is 0 Å². The van der Waals surface area contributed by atoms with Crippen LogP contribution < -0.4 is 14.5 Å². The molecule has 0 spiro atoms. The summed E-state index contributed by atoms with van der Waals surface area (Å²) in [7, 11) is 0. The molecule has 1 fully saturated rings. The van der Waals surface area contributed by atoms with Gasteiger partial charge in [-0.25, -0.2) is 0 Å². The summed E-state index contributed by atoms with van der Waals surface area (Å²) in [6.07, 6.45) is 0.409. The number of benzene rings is 2. The monoisotopic (exact) mass is 393 g/mol. The second-order valence-corrected chi connectivity index (χ2v) is 7.60. The van der Waals surface area contributed by atoms with Crippen LogP contribution in [0.3, 0.4) is 0 Å². The van der Waals surface area contributed by atoms with Gasteiger partial charge in [-0.15, -0.1) is 0 Å². The molecule has 1 unspecified atom stereocenters. The van der Waals surface area contributed by atoms with Gasteiger partial charge in [-0.2, -0.15) is 0 Å². The van der Waals surface area contributed by atoms with Gasteiger partial charge in [0.25, 0.3) is 0 Å². The lowest BCUT2D eigenvalue weighted by molar-refractivity contribution is -0.133. The van der Waals surface area contributed by atoms with Crippen molar-refractivity contribution >= 4 is 23.2 Å². The second-order valence-electron chi connectivity index (χ2n) is 7.60. The number of anilines is 2. The lowest BCUT2D eigenvalue weighted by Gasteiger charge is -2.36. The lowest BCUT2D eigenvalue weighted by atomic mass is 10.1. The maximum Gasteiger partial charge on any atom is 0.227 e. The molecule has 0 aliphatic carbocycles. The van der Waals surface area contributed by atoms with E-state index in [0.29, 0.717) is 19.6 Å². The molecule has 0 radical (unpaired) electrons. The highest BCUT2D eigenvalue weighted by Gasteiger charge is 2.28. The Hall–Kier alpha value is -3.02. The highest BCUT2D eigenvalue weighted by molar-refractivity contribution is 5.97. The van der Waals surface area contributed by atoms with Gasteiger partial charge in [0.15, 0.2) is 0 Å². The van der Waals surface area contributed by atoms with Crippen LogP contribution >= 0.6 is 0 Å². The number of carbonyl (C=O) groups is 2. The lowest BCUT2D eigenvalue weighted by Crippen LogP contribution is -2.49. The minimum Gasteiger partial charge on any atom is -0.487 e. The summed E-state index contributed by atoms with van der Waals surface area (Å²) >= 11 is 0. The number of amides is 2. The maximum atomic E-state index is 12.8. The standard InChI is InChI=1S/C23H27N3O3/c1-18-17-26(20-9-5-6-10-21(20)29-18)23(28)12-11-22(27)25-15-13-24(14-16-25)19-7-3-2-4-8-19/h2-10,18H,11-17H2,1H3. The fraction of sp³-hybridized carbons (Fsp3) is 0.391. The average molecular weight is 393 g/mol. The summed E-state index contributed by atoms with van der Waals surface area (Å²) in [4.78, 5) is 31.4. The topological polar surface area (TPSA) is 53.1 Å². The zero-order valence-electron chi connectivity index (χ0n) is 16.8. The first-order valence-electron chi connectivity index (χ1n) is 10.3. The number of hydrogen-bond acceptors (Lipinski definition) is 4. The highest BCUT2D eigenvalue weighted by atomic mass is 16.5. The number of carbonyl (C=O) groups excluding carboxylic acids is 2. The molecular formula is C23H27N3O3. The van der Waals surface area contributed by atoms with Gasteiger partial charge in [0, 0.05) is 44.7 Å². The summed E-state index contributed by atoms with van der Waals surface area (Å²) in [6, 6.07) is 17.8. The molecule has 6 nitrogen and oxygen atoms in total. The number of fused-ring (bicyclic) bond motifs is 1. The van der Waals surface area contributed by atoms with Gasteiger partial charge in [0.05, 0.1) is 12.2 Å². The fourth-order valence-electron chi connectivity index (χ4n) is 3.99. The molecule has 4 rings (SSSR count).